The number of rotatable bonds is 12. The van der Waals surface area contributed by atoms with Gasteiger partial charge in [-0.1, -0.05) is 48.5 Å². The number of nitrogens with one attached hydrogen (secondary N) is 2. The third-order valence-electron chi connectivity index (χ3n) is 9.47. The van der Waals surface area contributed by atoms with Crippen LogP contribution in [0.25, 0.3) is 44.5 Å². The molecule has 0 atom stereocenters. The average Bonchev–Trinajstić information content (AvgIpc) is 3.51. The number of anilines is 1. The van der Waals surface area contributed by atoms with Gasteiger partial charge in [0.25, 0.3) is 0 Å². The molecule has 2 amide bonds. The maximum absolute atomic E-state index is 13.4. The van der Waals surface area contributed by atoms with Gasteiger partial charge in [-0.25, -0.2) is 14.4 Å². The van der Waals surface area contributed by atoms with Gasteiger partial charge in [-0.05, 0) is 98.0 Å². The lowest BCUT2D eigenvalue weighted by molar-refractivity contribution is -0.157. The van der Waals surface area contributed by atoms with Crippen LogP contribution in [-0.4, -0.2) is 55.9 Å². The number of carbonyl (C=O) groups is 4. The standard InChI is InChI=1S/C46H42N2O10/c1-5-54-44(52)34-17-14-27(48-41(50)20-21-47-45(53)56-25-38-32-12-8-6-10-30(32)31-11-7-9-13-33(31)38)22-37(34)43-35-18-15-28(49)23-39(35)57-40-24-29(16-19-36(40)43)55-26-42(51)58-46(2,3)4/h6-19,22-24,38H,5,20-21,25-26H2,1-4H3,(H,47,53)(H,48,50). The zero-order valence-electron chi connectivity index (χ0n) is 32.5. The molecule has 0 fully saturated rings. The first-order valence-electron chi connectivity index (χ1n) is 18.9. The molecule has 58 heavy (non-hydrogen) atoms. The highest BCUT2D eigenvalue weighted by atomic mass is 16.6. The van der Waals surface area contributed by atoms with E-state index in [4.69, 9.17) is 23.4 Å². The molecule has 2 N–H and O–H groups in total. The Hall–Kier alpha value is -6.95. The summed E-state index contributed by atoms with van der Waals surface area (Å²) in [7, 11) is 0. The maximum atomic E-state index is 13.4. The molecule has 12 heteroatoms. The van der Waals surface area contributed by atoms with Crippen molar-refractivity contribution in [2.75, 3.05) is 31.7 Å². The van der Waals surface area contributed by atoms with Crippen molar-refractivity contribution in [2.45, 2.75) is 45.6 Å². The monoisotopic (exact) mass is 782 g/mol. The van der Waals surface area contributed by atoms with Crippen molar-refractivity contribution in [2.24, 2.45) is 0 Å². The SMILES string of the molecule is CCOC(=O)c1ccc(NC(=O)CCNC(=O)OCC2c3ccccc3-c3ccccc32)cc1-c1c2ccc(=O)cc-2oc2cc(OCC(=O)OC(C)(C)C)ccc12. The highest BCUT2D eigenvalue weighted by Gasteiger charge is 2.29. The first kappa shape index (κ1) is 39.3. The number of hydrogen-bond acceptors (Lipinski definition) is 10. The lowest BCUT2D eigenvalue weighted by atomic mass is 9.90. The van der Waals surface area contributed by atoms with E-state index in [9.17, 15) is 24.0 Å². The van der Waals surface area contributed by atoms with Gasteiger partial charge >= 0.3 is 18.0 Å². The maximum Gasteiger partial charge on any atom is 0.407 e. The number of fused-ring (bicyclic) bond motifs is 5. The van der Waals surface area contributed by atoms with Gasteiger partial charge in [0, 0.05) is 53.2 Å². The van der Waals surface area contributed by atoms with Crippen LogP contribution in [0.3, 0.4) is 0 Å². The number of ether oxygens (including phenoxy) is 4. The van der Waals surface area contributed by atoms with Crippen molar-refractivity contribution in [1.82, 2.24) is 5.32 Å². The lowest BCUT2D eigenvalue weighted by Crippen LogP contribution is -2.29. The van der Waals surface area contributed by atoms with Crippen LogP contribution < -0.4 is 20.8 Å². The number of esters is 2. The topological polar surface area (TPSA) is 159 Å². The van der Waals surface area contributed by atoms with E-state index >= 15 is 0 Å². The van der Waals surface area contributed by atoms with Crippen molar-refractivity contribution in [1.29, 1.82) is 0 Å². The third-order valence-corrected chi connectivity index (χ3v) is 9.47. The van der Waals surface area contributed by atoms with E-state index in [1.807, 2.05) is 36.4 Å². The number of hydrogen-bond donors (Lipinski definition) is 2. The zero-order chi connectivity index (χ0) is 41.0. The molecular weight excluding hydrogens is 741 g/mol. The van der Waals surface area contributed by atoms with Gasteiger partial charge in [-0.15, -0.1) is 0 Å². The fraction of sp³-hybridized carbons (Fsp3) is 0.239. The Morgan fingerprint density at radius 1 is 0.776 bits per heavy atom. The van der Waals surface area contributed by atoms with E-state index in [1.165, 1.54) is 12.1 Å². The highest BCUT2D eigenvalue weighted by Crippen LogP contribution is 2.45. The van der Waals surface area contributed by atoms with Crippen molar-refractivity contribution in [3.05, 3.63) is 130 Å². The summed E-state index contributed by atoms with van der Waals surface area (Å²) in [5.74, 6) is -1.09. The summed E-state index contributed by atoms with van der Waals surface area (Å²) in [5, 5.41) is 6.08. The van der Waals surface area contributed by atoms with Gasteiger partial charge in [-0.3, -0.25) is 9.59 Å². The second kappa shape index (κ2) is 16.6. The van der Waals surface area contributed by atoms with Crippen LogP contribution in [0.2, 0.25) is 0 Å². The molecule has 0 unspecified atom stereocenters. The van der Waals surface area contributed by atoms with E-state index in [-0.39, 0.29) is 55.5 Å². The van der Waals surface area contributed by atoms with Gasteiger partial charge in [0.15, 0.2) is 12.0 Å². The summed E-state index contributed by atoms with van der Waals surface area (Å²) in [6, 6.07) is 30.2. The molecule has 2 aliphatic carbocycles. The minimum absolute atomic E-state index is 0.0155. The summed E-state index contributed by atoms with van der Waals surface area (Å²) < 4.78 is 28.3. The molecular formula is C46H42N2O10. The minimum atomic E-state index is -0.685. The molecule has 4 aromatic carbocycles. The van der Waals surface area contributed by atoms with Gasteiger partial charge in [0.2, 0.25) is 5.91 Å². The Labute approximate surface area is 334 Å². The molecule has 12 nitrogen and oxygen atoms in total. The van der Waals surface area contributed by atoms with Gasteiger partial charge in [-0.2, -0.15) is 0 Å². The number of alkyl carbamates (subject to hydrolysis) is 1. The van der Waals surface area contributed by atoms with Crippen LogP contribution in [0.15, 0.2) is 112 Å². The fourth-order valence-corrected chi connectivity index (χ4v) is 7.11. The van der Waals surface area contributed by atoms with Crippen LogP contribution in [0.4, 0.5) is 10.5 Å². The Morgan fingerprint density at radius 3 is 2.21 bits per heavy atom. The fourth-order valence-electron chi connectivity index (χ4n) is 7.11. The van der Waals surface area contributed by atoms with E-state index in [0.717, 1.165) is 22.3 Å². The molecule has 296 valence electrons. The van der Waals surface area contributed by atoms with Gasteiger partial charge < -0.3 is 34.0 Å². The number of carbonyl (C=O) groups excluding carboxylic acids is 4. The Balaban J connectivity index is 1.09. The summed E-state index contributed by atoms with van der Waals surface area (Å²) in [6.45, 7) is 6.91. The van der Waals surface area contributed by atoms with E-state index in [0.29, 0.717) is 39.1 Å². The van der Waals surface area contributed by atoms with E-state index in [2.05, 4.69) is 22.8 Å². The number of benzene rings is 5. The second-order valence-electron chi connectivity index (χ2n) is 14.7. The predicted octanol–water partition coefficient (Wildman–Crippen LogP) is 8.33. The molecule has 0 saturated carbocycles. The summed E-state index contributed by atoms with van der Waals surface area (Å²) in [4.78, 5) is 64.1. The summed E-state index contributed by atoms with van der Waals surface area (Å²) in [5.41, 5.74) is 5.80. The van der Waals surface area contributed by atoms with Crippen LogP contribution in [-0.2, 0) is 23.8 Å². The van der Waals surface area contributed by atoms with Crippen LogP contribution in [0.5, 0.6) is 5.75 Å². The normalized spacial score (nSPS) is 12.1. The largest absolute Gasteiger partial charge is 0.482 e. The van der Waals surface area contributed by atoms with Crippen LogP contribution in [0, 0.1) is 0 Å². The molecule has 0 bridgehead atoms. The zero-order valence-corrected chi connectivity index (χ0v) is 32.5. The lowest BCUT2D eigenvalue weighted by Gasteiger charge is -2.20. The van der Waals surface area contributed by atoms with Crippen molar-refractivity contribution in [3.63, 3.8) is 0 Å². The third kappa shape index (κ3) is 8.71. The summed E-state index contributed by atoms with van der Waals surface area (Å²) in [6.07, 6.45) is -0.697. The predicted molar refractivity (Wildman–Crippen MR) is 218 cm³/mol. The highest BCUT2D eigenvalue weighted by molar-refractivity contribution is 6.09. The van der Waals surface area contributed by atoms with Crippen LogP contribution >= 0.6 is 0 Å². The van der Waals surface area contributed by atoms with E-state index < -0.39 is 29.5 Å². The molecule has 7 rings (SSSR count). The van der Waals surface area contributed by atoms with Crippen LogP contribution in [0.1, 0.15) is 61.5 Å². The smallest absolute Gasteiger partial charge is 0.407 e. The average molecular weight is 783 g/mol. The molecule has 1 heterocycles. The Kier molecular flexibility index (Phi) is 11.3. The van der Waals surface area contributed by atoms with Gasteiger partial charge in [0.05, 0.1) is 12.2 Å². The van der Waals surface area contributed by atoms with Gasteiger partial charge in [0.1, 0.15) is 29.3 Å². The second-order valence-corrected chi connectivity index (χ2v) is 14.7. The van der Waals surface area contributed by atoms with E-state index in [1.54, 1.807) is 70.2 Å². The molecule has 4 aromatic rings. The Morgan fingerprint density at radius 2 is 1.50 bits per heavy atom. The minimum Gasteiger partial charge on any atom is -0.482 e. The van der Waals surface area contributed by atoms with Crippen molar-refractivity contribution < 1.29 is 42.5 Å². The van der Waals surface area contributed by atoms with Crippen molar-refractivity contribution >= 4 is 40.6 Å². The molecule has 0 radical (unpaired) electrons. The van der Waals surface area contributed by atoms with Crippen molar-refractivity contribution in [3.8, 4) is 39.3 Å². The molecule has 0 aromatic heterocycles. The Bertz CT molecular complexity index is 2520. The quantitative estimate of drug-likeness (QED) is 0.0702. The molecule has 3 aliphatic rings. The first-order chi connectivity index (χ1) is 27.9. The number of amides is 2. The molecule has 1 aliphatic heterocycles. The molecule has 0 saturated heterocycles. The first-order valence-corrected chi connectivity index (χ1v) is 18.9. The molecule has 0 spiro atoms. The summed E-state index contributed by atoms with van der Waals surface area (Å²) >= 11 is 0.